The van der Waals surface area contributed by atoms with Crippen LogP contribution in [0.4, 0.5) is 4.79 Å². The van der Waals surface area contributed by atoms with Crippen LogP contribution < -0.4 is 10.6 Å². The van der Waals surface area contributed by atoms with E-state index in [0.29, 0.717) is 13.0 Å². The van der Waals surface area contributed by atoms with E-state index < -0.39 is 18.0 Å². The van der Waals surface area contributed by atoms with Gasteiger partial charge in [0.1, 0.15) is 6.04 Å². The maximum absolute atomic E-state index is 11.8. The lowest BCUT2D eigenvalue weighted by molar-refractivity contribution is -0.140. The number of nitrogens with one attached hydrogen (secondary N) is 2. The maximum atomic E-state index is 11.8. The van der Waals surface area contributed by atoms with Gasteiger partial charge in [0, 0.05) is 4.88 Å². The van der Waals surface area contributed by atoms with Crippen molar-refractivity contribution < 1.29 is 14.7 Å². The van der Waals surface area contributed by atoms with Crippen molar-refractivity contribution in [3.05, 3.63) is 21.9 Å². The van der Waals surface area contributed by atoms with Crippen LogP contribution in [0.25, 0.3) is 0 Å². The van der Waals surface area contributed by atoms with E-state index in [1.807, 2.05) is 25.3 Å². The zero-order valence-corrected chi connectivity index (χ0v) is 12.9. The van der Waals surface area contributed by atoms with Gasteiger partial charge in [0.2, 0.25) is 0 Å². The second-order valence-corrected chi connectivity index (χ2v) is 5.75. The summed E-state index contributed by atoms with van der Waals surface area (Å²) in [6.45, 7) is 6.21. The number of urea groups is 1. The molecule has 1 rings (SSSR count). The van der Waals surface area contributed by atoms with Crippen molar-refractivity contribution in [2.75, 3.05) is 0 Å². The van der Waals surface area contributed by atoms with E-state index in [1.54, 1.807) is 11.3 Å². The van der Waals surface area contributed by atoms with E-state index in [0.717, 1.165) is 11.3 Å². The van der Waals surface area contributed by atoms with Crippen molar-refractivity contribution in [1.29, 1.82) is 0 Å². The fraction of sp³-hybridized carbons (Fsp3) is 0.571. The Hall–Kier alpha value is -1.56. The monoisotopic (exact) mass is 298 g/mol. The second kappa shape index (κ2) is 7.89. The molecule has 0 saturated heterocycles. The maximum Gasteiger partial charge on any atom is 0.326 e. The predicted octanol–water partition coefficient (Wildman–Crippen LogP) is 2.61. The lowest BCUT2D eigenvalue weighted by atomic mass is 9.99. The highest BCUT2D eigenvalue weighted by Crippen LogP contribution is 2.16. The van der Waals surface area contributed by atoms with Gasteiger partial charge in [-0.3, -0.25) is 0 Å². The molecule has 1 aromatic heterocycles. The van der Waals surface area contributed by atoms with Crippen LogP contribution in [-0.4, -0.2) is 23.1 Å². The largest absolute Gasteiger partial charge is 0.480 e. The van der Waals surface area contributed by atoms with E-state index in [-0.39, 0.29) is 5.92 Å². The van der Waals surface area contributed by atoms with Crippen molar-refractivity contribution in [2.45, 2.75) is 46.2 Å². The molecule has 0 spiro atoms. The Bertz CT molecular complexity index is 459. The molecule has 0 aliphatic rings. The number of carboxylic acids is 1. The van der Waals surface area contributed by atoms with E-state index in [9.17, 15) is 9.59 Å². The first-order valence-electron chi connectivity index (χ1n) is 6.81. The molecular weight excluding hydrogens is 276 g/mol. The van der Waals surface area contributed by atoms with Crippen LogP contribution in [0, 0.1) is 5.92 Å². The molecule has 2 amide bonds. The van der Waals surface area contributed by atoms with Gasteiger partial charge < -0.3 is 15.7 Å². The number of carbonyl (C=O) groups is 2. The third-order valence-electron chi connectivity index (χ3n) is 3.39. The van der Waals surface area contributed by atoms with Crippen molar-refractivity contribution in [1.82, 2.24) is 10.6 Å². The summed E-state index contributed by atoms with van der Waals surface area (Å²) in [7, 11) is 0. The molecule has 20 heavy (non-hydrogen) atoms. The molecule has 2 atom stereocenters. The summed E-state index contributed by atoms with van der Waals surface area (Å²) in [6.07, 6.45) is 1.62. The van der Waals surface area contributed by atoms with Gasteiger partial charge in [-0.1, -0.05) is 27.2 Å². The van der Waals surface area contributed by atoms with Gasteiger partial charge in [-0.05, 0) is 29.3 Å². The Morgan fingerprint density at radius 3 is 2.65 bits per heavy atom. The summed E-state index contributed by atoms with van der Waals surface area (Å²) in [5, 5.41) is 16.4. The molecule has 0 fully saturated rings. The lowest BCUT2D eigenvalue weighted by Gasteiger charge is -2.20. The molecule has 0 aliphatic heterocycles. The van der Waals surface area contributed by atoms with Crippen LogP contribution >= 0.6 is 11.3 Å². The average molecular weight is 298 g/mol. The van der Waals surface area contributed by atoms with Gasteiger partial charge in [-0.2, -0.15) is 0 Å². The van der Waals surface area contributed by atoms with Crippen LogP contribution in [0.2, 0.25) is 0 Å². The summed E-state index contributed by atoms with van der Waals surface area (Å²) in [4.78, 5) is 24.0. The van der Waals surface area contributed by atoms with Crippen molar-refractivity contribution in [3.8, 4) is 0 Å². The minimum absolute atomic E-state index is 0.105. The minimum Gasteiger partial charge on any atom is -0.480 e. The van der Waals surface area contributed by atoms with E-state index in [2.05, 4.69) is 17.6 Å². The number of rotatable bonds is 7. The average Bonchev–Trinajstić information content (AvgIpc) is 2.88. The highest BCUT2D eigenvalue weighted by Gasteiger charge is 2.25. The Labute approximate surface area is 123 Å². The van der Waals surface area contributed by atoms with Gasteiger partial charge in [0.05, 0.1) is 6.54 Å². The van der Waals surface area contributed by atoms with Crippen LogP contribution in [0.5, 0.6) is 0 Å². The summed E-state index contributed by atoms with van der Waals surface area (Å²) >= 11 is 1.59. The number of aryl methyl sites for hydroxylation is 1. The van der Waals surface area contributed by atoms with Crippen LogP contribution in [-0.2, 0) is 17.8 Å². The SMILES string of the molecule is CCc1ccsc1CNC(=O)N[C@H](C(=O)O)[C@@H](C)CC. The quantitative estimate of drug-likeness (QED) is 0.724. The standard InChI is InChI=1S/C14H22N2O3S/c1-4-9(3)12(13(17)18)16-14(19)15-8-11-10(5-2)6-7-20-11/h6-7,9,12H,4-5,8H2,1-3H3,(H,17,18)(H2,15,16,19)/t9-,12-/m0/s1. The molecule has 0 unspecified atom stereocenters. The number of hydrogen-bond acceptors (Lipinski definition) is 3. The first-order chi connectivity index (χ1) is 9.49. The van der Waals surface area contributed by atoms with Crippen molar-refractivity contribution in [3.63, 3.8) is 0 Å². The lowest BCUT2D eigenvalue weighted by Crippen LogP contribution is -2.48. The zero-order valence-electron chi connectivity index (χ0n) is 12.1. The molecular formula is C14H22N2O3S. The van der Waals surface area contributed by atoms with Crippen molar-refractivity contribution in [2.24, 2.45) is 5.92 Å². The number of amides is 2. The molecule has 0 aromatic carbocycles. The Kier molecular flexibility index (Phi) is 6.51. The Morgan fingerprint density at radius 2 is 2.10 bits per heavy atom. The third kappa shape index (κ3) is 4.52. The number of carboxylic acid groups (broad SMARTS) is 1. The molecule has 112 valence electrons. The molecule has 3 N–H and O–H groups in total. The van der Waals surface area contributed by atoms with E-state index in [1.165, 1.54) is 5.56 Å². The summed E-state index contributed by atoms with van der Waals surface area (Å²) < 4.78 is 0. The molecule has 1 aromatic rings. The summed E-state index contributed by atoms with van der Waals surface area (Å²) in [5.41, 5.74) is 1.21. The fourth-order valence-electron chi connectivity index (χ4n) is 1.87. The minimum atomic E-state index is -1.00. The topological polar surface area (TPSA) is 78.4 Å². The van der Waals surface area contributed by atoms with Gasteiger partial charge in [-0.25, -0.2) is 9.59 Å². The van der Waals surface area contributed by atoms with Gasteiger partial charge in [0.15, 0.2) is 0 Å². The highest BCUT2D eigenvalue weighted by molar-refractivity contribution is 7.10. The van der Waals surface area contributed by atoms with Gasteiger partial charge in [0.25, 0.3) is 0 Å². The number of thiophene rings is 1. The zero-order chi connectivity index (χ0) is 15.1. The molecule has 0 saturated carbocycles. The molecule has 5 nitrogen and oxygen atoms in total. The molecule has 1 heterocycles. The molecule has 0 radical (unpaired) electrons. The highest BCUT2D eigenvalue weighted by atomic mass is 32.1. The number of aliphatic carboxylic acids is 1. The van der Waals surface area contributed by atoms with Crippen molar-refractivity contribution >= 4 is 23.3 Å². The first kappa shape index (κ1) is 16.5. The second-order valence-electron chi connectivity index (χ2n) is 4.75. The fourth-order valence-corrected chi connectivity index (χ4v) is 2.79. The predicted molar refractivity (Wildman–Crippen MR) is 79.9 cm³/mol. The number of carbonyl (C=O) groups excluding carboxylic acids is 1. The van der Waals surface area contributed by atoms with Crippen LogP contribution in [0.1, 0.15) is 37.6 Å². The normalized spacial score (nSPS) is 13.6. The van der Waals surface area contributed by atoms with E-state index >= 15 is 0 Å². The summed E-state index contributed by atoms with van der Waals surface area (Å²) in [5.74, 6) is -1.11. The number of hydrogen-bond donors (Lipinski definition) is 3. The third-order valence-corrected chi connectivity index (χ3v) is 4.36. The van der Waals surface area contributed by atoms with Gasteiger partial charge >= 0.3 is 12.0 Å². The first-order valence-corrected chi connectivity index (χ1v) is 7.69. The molecule has 0 bridgehead atoms. The van der Waals surface area contributed by atoms with Crippen LogP contribution in [0.3, 0.4) is 0 Å². The Balaban J connectivity index is 2.52. The summed E-state index contributed by atoms with van der Waals surface area (Å²) in [6, 6.07) is 0.751. The van der Waals surface area contributed by atoms with Gasteiger partial charge in [-0.15, -0.1) is 11.3 Å². The van der Waals surface area contributed by atoms with Crippen LogP contribution in [0.15, 0.2) is 11.4 Å². The van der Waals surface area contributed by atoms with E-state index in [4.69, 9.17) is 5.11 Å². The molecule has 0 aliphatic carbocycles. The molecule has 6 heteroatoms. The smallest absolute Gasteiger partial charge is 0.326 e. The Morgan fingerprint density at radius 1 is 1.40 bits per heavy atom.